The molecule has 1 aromatic carbocycles. The lowest BCUT2D eigenvalue weighted by Crippen LogP contribution is -2.40. The van der Waals surface area contributed by atoms with Crippen LogP contribution in [0.3, 0.4) is 0 Å². The Balaban J connectivity index is 1.59. The molecule has 24 heavy (non-hydrogen) atoms. The Morgan fingerprint density at radius 2 is 2.17 bits per heavy atom. The topological polar surface area (TPSA) is 54.7 Å². The number of methoxy groups -OCH3 is 1. The van der Waals surface area contributed by atoms with Crippen LogP contribution in [0.4, 0.5) is 0 Å². The Hall–Kier alpha value is -2.27. The minimum atomic E-state index is -0.0701. The third-order valence-corrected chi connectivity index (χ3v) is 4.99. The van der Waals surface area contributed by atoms with Crippen LogP contribution in [0, 0.1) is 0 Å². The van der Waals surface area contributed by atoms with Gasteiger partial charge in [0.25, 0.3) is 5.91 Å². The van der Waals surface area contributed by atoms with E-state index in [0.717, 1.165) is 18.7 Å². The Bertz CT molecular complexity index is 709. The molecule has 2 fully saturated rings. The average Bonchev–Trinajstić information content (AvgIpc) is 3.14. The second kappa shape index (κ2) is 6.32. The van der Waals surface area contributed by atoms with Gasteiger partial charge < -0.3 is 14.5 Å². The standard InChI is InChI=1S/C19H22N2O3/c1-23-16-4-2-3-13(11-16)18-17(7-9-21(18)15-5-6-15)20-19(22)14-8-10-24-12-14/h2-4,8,10-12,15,17-18H,5-7,9H2,1H3,(H,20,22)/t17-,18+/m0/s1. The highest BCUT2D eigenvalue weighted by Gasteiger charge is 2.43. The van der Waals surface area contributed by atoms with Gasteiger partial charge in [-0.25, -0.2) is 0 Å². The van der Waals surface area contributed by atoms with E-state index in [1.807, 2.05) is 12.1 Å². The van der Waals surface area contributed by atoms with Gasteiger partial charge in [0.15, 0.2) is 0 Å². The van der Waals surface area contributed by atoms with Crippen molar-refractivity contribution in [1.82, 2.24) is 10.2 Å². The Kier molecular flexibility index (Phi) is 4.02. The summed E-state index contributed by atoms with van der Waals surface area (Å²) in [5.74, 6) is 0.786. The molecular formula is C19H22N2O3. The second-order valence-electron chi connectivity index (χ2n) is 6.57. The largest absolute Gasteiger partial charge is 0.497 e. The number of furan rings is 1. The lowest BCUT2D eigenvalue weighted by atomic mass is 9.99. The van der Waals surface area contributed by atoms with Gasteiger partial charge in [0.05, 0.1) is 31.0 Å². The molecule has 1 aliphatic heterocycles. The van der Waals surface area contributed by atoms with E-state index in [9.17, 15) is 4.79 Å². The van der Waals surface area contributed by atoms with E-state index in [0.29, 0.717) is 11.6 Å². The normalized spacial score (nSPS) is 24.0. The zero-order chi connectivity index (χ0) is 16.5. The van der Waals surface area contributed by atoms with Crippen molar-refractivity contribution >= 4 is 5.91 Å². The van der Waals surface area contributed by atoms with Gasteiger partial charge >= 0.3 is 0 Å². The van der Waals surface area contributed by atoms with Crippen LogP contribution in [0.5, 0.6) is 5.75 Å². The fraction of sp³-hybridized carbons (Fsp3) is 0.421. The molecule has 126 valence electrons. The van der Waals surface area contributed by atoms with Crippen molar-refractivity contribution in [2.24, 2.45) is 0 Å². The first-order chi connectivity index (χ1) is 11.8. The van der Waals surface area contributed by atoms with E-state index in [2.05, 4.69) is 22.3 Å². The van der Waals surface area contributed by atoms with Crippen molar-refractivity contribution in [2.75, 3.05) is 13.7 Å². The molecule has 1 aliphatic carbocycles. The van der Waals surface area contributed by atoms with E-state index in [1.165, 1.54) is 30.9 Å². The van der Waals surface area contributed by atoms with Crippen LogP contribution in [0.15, 0.2) is 47.3 Å². The first kappa shape index (κ1) is 15.3. The zero-order valence-electron chi connectivity index (χ0n) is 13.8. The van der Waals surface area contributed by atoms with Gasteiger partial charge in [-0.15, -0.1) is 0 Å². The number of ether oxygens (including phenoxy) is 1. The van der Waals surface area contributed by atoms with Crippen LogP contribution in [-0.4, -0.2) is 36.5 Å². The highest BCUT2D eigenvalue weighted by molar-refractivity contribution is 5.94. The SMILES string of the molecule is COc1cccc([C@@H]2[C@@H](NC(=O)c3ccoc3)CCN2C2CC2)c1. The number of hydrogen-bond donors (Lipinski definition) is 1. The maximum absolute atomic E-state index is 12.4. The van der Waals surface area contributed by atoms with E-state index in [-0.39, 0.29) is 18.0 Å². The van der Waals surface area contributed by atoms with Crippen molar-refractivity contribution < 1.29 is 13.9 Å². The maximum atomic E-state index is 12.4. The van der Waals surface area contributed by atoms with E-state index in [1.54, 1.807) is 13.2 Å². The van der Waals surface area contributed by atoms with Gasteiger partial charge in [0, 0.05) is 12.6 Å². The van der Waals surface area contributed by atoms with Gasteiger partial charge in [0.1, 0.15) is 12.0 Å². The number of carbonyl (C=O) groups excluding carboxylic acids is 1. The summed E-state index contributed by atoms with van der Waals surface area (Å²) in [7, 11) is 1.69. The molecule has 4 rings (SSSR count). The number of hydrogen-bond acceptors (Lipinski definition) is 4. The van der Waals surface area contributed by atoms with Crippen molar-refractivity contribution in [3.8, 4) is 5.75 Å². The molecule has 2 atom stereocenters. The van der Waals surface area contributed by atoms with Crippen LogP contribution in [0.2, 0.25) is 0 Å². The van der Waals surface area contributed by atoms with Crippen LogP contribution < -0.4 is 10.1 Å². The molecule has 2 aromatic rings. The highest BCUT2D eigenvalue weighted by Crippen LogP contribution is 2.41. The minimum Gasteiger partial charge on any atom is -0.497 e. The number of rotatable bonds is 5. The van der Waals surface area contributed by atoms with Gasteiger partial charge in [-0.05, 0) is 43.0 Å². The number of benzene rings is 1. The molecule has 1 amide bonds. The average molecular weight is 326 g/mol. The van der Waals surface area contributed by atoms with Crippen LogP contribution in [0.1, 0.15) is 41.2 Å². The maximum Gasteiger partial charge on any atom is 0.254 e. The molecule has 0 bridgehead atoms. The fourth-order valence-corrected chi connectivity index (χ4v) is 3.68. The quantitative estimate of drug-likeness (QED) is 0.918. The summed E-state index contributed by atoms with van der Waals surface area (Å²) in [6.45, 7) is 1.02. The Morgan fingerprint density at radius 1 is 1.29 bits per heavy atom. The summed E-state index contributed by atoms with van der Waals surface area (Å²) in [5, 5.41) is 3.20. The van der Waals surface area contributed by atoms with Crippen LogP contribution in [-0.2, 0) is 0 Å². The Labute approximate surface area is 141 Å². The lowest BCUT2D eigenvalue weighted by Gasteiger charge is -2.29. The molecular weight excluding hydrogens is 304 g/mol. The second-order valence-corrected chi connectivity index (χ2v) is 6.57. The van der Waals surface area contributed by atoms with E-state index >= 15 is 0 Å². The summed E-state index contributed by atoms with van der Waals surface area (Å²) < 4.78 is 10.4. The van der Waals surface area contributed by atoms with E-state index < -0.39 is 0 Å². The monoisotopic (exact) mass is 326 g/mol. The molecule has 2 heterocycles. The van der Waals surface area contributed by atoms with Crippen LogP contribution in [0.25, 0.3) is 0 Å². The molecule has 5 heteroatoms. The van der Waals surface area contributed by atoms with Crippen molar-refractivity contribution in [3.05, 3.63) is 54.0 Å². The third kappa shape index (κ3) is 2.91. The Morgan fingerprint density at radius 3 is 2.88 bits per heavy atom. The molecule has 1 aromatic heterocycles. The highest BCUT2D eigenvalue weighted by atomic mass is 16.5. The molecule has 1 saturated heterocycles. The van der Waals surface area contributed by atoms with Crippen molar-refractivity contribution in [2.45, 2.75) is 37.4 Å². The molecule has 0 radical (unpaired) electrons. The minimum absolute atomic E-state index is 0.0701. The molecule has 0 spiro atoms. The number of amides is 1. The fourth-order valence-electron chi connectivity index (χ4n) is 3.68. The first-order valence-electron chi connectivity index (χ1n) is 8.49. The predicted octanol–water partition coefficient (Wildman–Crippen LogP) is 3.00. The number of likely N-dealkylation sites (tertiary alicyclic amines) is 1. The van der Waals surface area contributed by atoms with Crippen molar-refractivity contribution in [1.29, 1.82) is 0 Å². The summed E-state index contributed by atoms with van der Waals surface area (Å²) in [6.07, 6.45) is 6.48. The van der Waals surface area contributed by atoms with Crippen molar-refractivity contribution in [3.63, 3.8) is 0 Å². The lowest BCUT2D eigenvalue weighted by molar-refractivity contribution is 0.0923. The van der Waals surface area contributed by atoms with Gasteiger partial charge in [-0.3, -0.25) is 9.69 Å². The molecule has 5 nitrogen and oxygen atoms in total. The summed E-state index contributed by atoms with van der Waals surface area (Å²) in [4.78, 5) is 15.0. The van der Waals surface area contributed by atoms with E-state index in [4.69, 9.17) is 9.15 Å². The third-order valence-electron chi connectivity index (χ3n) is 4.99. The molecule has 1 N–H and O–H groups in total. The summed E-state index contributed by atoms with van der Waals surface area (Å²) in [6, 6.07) is 10.8. The molecule has 1 saturated carbocycles. The zero-order valence-corrected chi connectivity index (χ0v) is 13.8. The van der Waals surface area contributed by atoms with Gasteiger partial charge in [-0.1, -0.05) is 12.1 Å². The number of nitrogens with zero attached hydrogens (tertiary/aromatic N) is 1. The summed E-state index contributed by atoms with van der Waals surface area (Å²) >= 11 is 0. The summed E-state index contributed by atoms with van der Waals surface area (Å²) in [5.41, 5.74) is 1.78. The first-order valence-corrected chi connectivity index (χ1v) is 8.49. The predicted molar refractivity (Wildman–Crippen MR) is 90.0 cm³/mol. The van der Waals surface area contributed by atoms with Crippen LogP contribution >= 0.6 is 0 Å². The van der Waals surface area contributed by atoms with Gasteiger partial charge in [-0.2, -0.15) is 0 Å². The number of carbonyl (C=O) groups is 1. The van der Waals surface area contributed by atoms with Gasteiger partial charge in [0.2, 0.25) is 0 Å². The smallest absolute Gasteiger partial charge is 0.254 e. The molecule has 0 unspecified atom stereocenters. The number of nitrogens with one attached hydrogen (secondary N) is 1. The molecule has 2 aliphatic rings.